The number of nitro groups is 1. The number of benzene rings is 1. The lowest BCUT2D eigenvalue weighted by molar-refractivity contribution is -0.384. The van der Waals surface area contributed by atoms with Crippen molar-refractivity contribution in [2.24, 2.45) is 0 Å². The minimum atomic E-state index is -1.76. The van der Waals surface area contributed by atoms with E-state index < -0.39 is 28.9 Å². The van der Waals surface area contributed by atoms with Crippen molar-refractivity contribution in [3.05, 3.63) is 34.4 Å². The van der Waals surface area contributed by atoms with E-state index in [0.29, 0.717) is 0 Å². The zero-order chi connectivity index (χ0) is 18.3. The van der Waals surface area contributed by atoms with E-state index in [1.54, 1.807) is 0 Å². The topological polar surface area (TPSA) is 131 Å². The molecule has 1 aromatic rings. The Morgan fingerprint density at radius 2 is 1.83 bits per heavy atom. The number of hydrogen-bond acceptors (Lipinski definition) is 9. The van der Waals surface area contributed by atoms with Crippen molar-refractivity contribution in [3.8, 4) is 5.75 Å². The molecule has 0 aliphatic heterocycles. The summed E-state index contributed by atoms with van der Waals surface area (Å²) < 4.78 is 19.2. The second-order valence-electron chi connectivity index (χ2n) is 4.90. The molecule has 0 saturated heterocycles. The molecule has 0 aromatic heterocycles. The normalized spacial score (nSPS) is 11.8. The molecule has 10 heteroatoms. The van der Waals surface area contributed by atoms with Gasteiger partial charge in [0.2, 0.25) is 5.60 Å². The van der Waals surface area contributed by atoms with Gasteiger partial charge in [0.1, 0.15) is 5.75 Å². The predicted octanol–water partition coefficient (Wildman–Crippen LogP) is 1.32. The van der Waals surface area contributed by atoms with Crippen molar-refractivity contribution in [1.82, 2.24) is 0 Å². The maximum atomic E-state index is 12.0. The third-order valence-corrected chi connectivity index (χ3v) is 2.54. The predicted molar refractivity (Wildman–Crippen MR) is 76.6 cm³/mol. The fourth-order valence-corrected chi connectivity index (χ4v) is 1.51. The van der Waals surface area contributed by atoms with Crippen LogP contribution in [0.25, 0.3) is 0 Å². The Hall–Kier alpha value is -3.17. The van der Waals surface area contributed by atoms with E-state index in [9.17, 15) is 24.5 Å². The molecule has 0 amide bonds. The summed E-state index contributed by atoms with van der Waals surface area (Å²) in [5.74, 6) is -1.68. The van der Waals surface area contributed by atoms with Crippen LogP contribution in [0.15, 0.2) is 24.3 Å². The van der Waals surface area contributed by atoms with Crippen LogP contribution in [-0.2, 0) is 28.6 Å². The molecule has 0 spiro atoms. The monoisotopic (exact) mass is 341 g/mol. The number of non-ortho nitro benzene ring substituents is 1. The fraction of sp³-hybridized carbons (Fsp3) is 0.357. The van der Waals surface area contributed by atoms with E-state index in [1.807, 2.05) is 0 Å². The molecule has 0 fully saturated rings. The molecule has 0 bridgehead atoms. The van der Waals surface area contributed by atoms with Crippen LogP contribution in [0.1, 0.15) is 20.8 Å². The maximum Gasteiger partial charge on any atom is 0.410 e. The van der Waals surface area contributed by atoms with Gasteiger partial charge in [-0.25, -0.2) is 4.79 Å². The van der Waals surface area contributed by atoms with Crippen LogP contribution >= 0.6 is 0 Å². The number of ether oxygens (including phenoxy) is 4. The average Bonchev–Trinajstić information content (AvgIpc) is 2.46. The Balaban J connectivity index is 2.79. The lowest BCUT2D eigenvalue weighted by Gasteiger charge is -2.24. The van der Waals surface area contributed by atoms with Crippen molar-refractivity contribution >= 4 is 24.1 Å². The van der Waals surface area contributed by atoms with E-state index in [1.165, 1.54) is 26.0 Å². The van der Waals surface area contributed by atoms with Crippen molar-refractivity contribution in [1.29, 1.82) is 0 Å². The number of rotatable bonds is 8. The van der Waals surface area contributed by atoms with Crippen LogP contribution in [0.2, 0.25) is 0 Å². The van der Waals surface area contributed by atoms with Gasteiger partial charge in [0.15, 0.2) is 0 Å². The number of carbonyl (C=O) groups excluding carboxylic acids is 3. The highest BCUT2D eigenvalue weighted by molar-refractivity contribution is 5.82. The van der Waals surface area contributed by atoms with Gasteiger partial charge in [0, 0.05) is 19.1 Å². The van der Waals surface area contributed by atoms with Gasteiger partial charge in [-0.15, -0.1) is 0 Å². The first-order chi connectivity index (χ1) is 11.2. The van der Waals surface area contributed by atoms with Crippen LogP contribution in [0, 0.1) is 10.1 Å². The molecule has 1 atom stereocenters. The lowest BCUT2D eigenvalue weighted by Crippen LogP contribution is -2.42. The van der Waals surface area contributed by atoms with Gasteiger partial charge in [0.25, 0.3) is 12.2 Å². The first kappa shape index (κ1) is 18.9. The van der Waals surface area contributed by atoms with Crippen LogP contribution < -0.4 is 4.74 Å². The van der Waals surface area contributed by atoms with Crippen LogP contribution in [0.4, 0.5) is 5.69 Å². The van der Waals surface area contributed by atoms with Gasteiger partial charge < -0.3 is 18.9 Å². The smallest absolute Gasteiger partial charge is 0.410 e. The summed E-state index contributed by atoms with van der Waals surface area (Å²) >= 11 is 0. The first-order valence-electron chi connectivity index (χ1n) is 6.56. The molecule has 0 aliphatic rings. The molecule has 0 heterocycles. The maximum absolute atomic E-state index is 12.0. The SMILES string of the molecule is CC(=O)OC(C)(C)C(=O)OC(OC=O)Oc1ccc([N+](=O)[O-])cc1. The number of nitro benzene ring substituents is 1. The molecule has 130 valence electrons. The Labute approximate surface area is 136 Å². The standard InChI is InChI=1S/C14H15NO9/c1-9(17)24-14(2,3)12(18)23-13(21-8-16)22-11-6-4-10(5-7-11)15(19)20/h4-8,13H,1-3H3. The Morgan fingerprint density at radius 3 is 2.29 bits per heavy atom. The molecule has 0 saturated carbocycles. The molecule has 0 radical (unpaired) electrons. The highest BCUT2D eigenvalue weighted by Gasteiger charge is 2.35. The van der Waals surface area contributed by atoms with E-state index in [0.717, 1.165) is 19.1 Å². The summed E-state index contributed by atoms with van der Waals surface area (Å²) in [7, 11) is 0. The number of nitrogens with zero attached hydrogens (tertiary/aromatic N) is 1. The van der Waals surface area contributed by atoms with Crippen molar-refractivity contribution in [3.63, 3.8) is 0 Å². The van der Waals surface area contributed by atoms with E-state index in [2.05, 4.69) is 4.74 Å². The fourth-order valence-electron chi connectivity index (χ4n) is 1.51. The quantitative estimate of drug-likeness (QED) is 0.226. The first-order valence-corrected chi connectivity index (χ1v) is 6.56. The Kier molecular flexibility index (Phi) is 6.22. The summed E-state index contributed by atoms with van der Waals surface area (Å²) in [6.07, 6.45) is 0. The van der Waals surface area contributed by atoms with Gasteiger partial charge in [-0.1, -0.05) is 0 Å². The molecule has 1 rings (SSSR count). The largest absolute Gasteiger partial charge is 0.448 e. The summed E-state index contributed by atoms with van der Waals surface area (Å²) in [5, 5.41) is 10.6. The number of carbonyl (C=O) groups is 3. The zero-order valence-electron chi connectivity index (χ0n) is 13.1. The molecule has 10 nitrogen and oxygen atoms in total. The minimum Gasteiger partial charge on any atom is -0.448 e. The summed E-state index contributed by atoms with van der Waals surface area (Å²) in [6, 6.07) is 4.75. The van der Waals surface area contributed by atoms with Gasteiger partial charge in [-0.2, -0.15) is 0 Å². The van der Waals surface area contributed by atoms with Gasteiger partial charge in [-0.05, 0) is 26.0 Å². The van der Waals surface area contributed by atoms with Gasteiger partial charge in [-0.3, -0.25) is 19.7 Å². The van der Waals surface area contributed by atoms with Crippen molar-refractivity contribution < 1.29 is 38.3 Å². The number of hydrogen-bond donors (Lipinski definition) is 0. The highest BCUT2D eigenvalue weighted by atomic mass is 16.9. The summed E-state index contributed by atoms with van der Waals surface area (Å²) in [5.41, 5.74) is -1.81. The van der Waals surface area contributed by atoms with Crippen molar-refractivity contribution in [2.75, 3.05) is 0 Å². The second-order valence-corrected chi connectivity index (χ2v) is 4.90. The molecular formula is C14H15NO9. The van der Waals surface area contributed by atoms with E-state index in [4.69, 9.17) is 14.2 Å². The van der Waals surface area contributed by atoms with Crippen LogP contribution in [0.5, 0.6) is 5.75 Å². The Bertz CT molecular complexity index is 624. The molecule has 0 aliphatic carbocycles. The molecule has 0 N–H and O–H groups in total. The molecule has 1 aromatic carbocycles. The van der Waals surface area contributed by atoms with Crippen LogP contribution in [0.3, 0.4) is 0 Å². The summed E-state index contributed by atoms with van der Waals surface area (Å²) in [6.45, 7) is 1.90. The lowest BCUT2D eigenvalue weighted by atomic mass is 10.1. The molecule has 1 unspecified atom stereocenters. The van der Waals surface area contributed by atoms with E-state index in [-0.39, 0.29) is 17.9 Å². The Morgan fingerprint density at radius 1 is 1.25 bits per heavy atom. The minimum absolute atomic E-state index is 0.0117. The second kappa shape index (κ2) is 7.90. The van der Waals surface area contributed by atoms with Gasteiger partial charge >= 0.3 is 18.4 Å². The van der Waals surface area contributed by atoms with Crippen molar-refractivity contribution in [2.45, 2.75) is 32.8 Å². The number of esters is 2. The van der Waals surface area contributed by atoms with Crippen LogP contribution in [-0.4, -0.2) is 35.4 Å². The zero-order valence-corrected chi connectivity index (χ0v) is 13.1. The molecular weight excluding hydrogens is 326 g/mol. The average molecular weight is 341 g/mol. The summed E-state index contributed by atoms with van der Waals surface area (Å²) in [4.78, 5) is 43.4. The third-order valence-electron chi connectivity index (χ3n) is 2.54. The van der Waals surface area contributed by atoms with Gasteiger partial charge in [0.05, 0.1) is 4.92 Å². The third kappa shape index (κ3) is 5.55. The van der Waals surface area contributed by atoms with E-state index >= 15 is 0 Å². The molecule has 24 heavy (non-hydrogen) atoms. The highest BCUT2D eigenvalue weighted by Crippen LogP contribution is 2.20.